The van der Waals surface area contributed by atoms with Crippen molar-refractivity contribution in [2.45, 2.75) is 0 Å². The van der Waals surface area contributed by atoms with Crippen molar-refractivity contribution >= 4 is 27.4 Å². The van der Waals surface area contributed by atoms with Crippen molar-refractivity contribution in [2.24, 2.45) is 0 Å². The van der Waals surface area contributed by atoms with Crippen LogP contribution < -0.4 is 9.92 Å². The molecule has 0 saturated heterocycles. The van der Waals surface area contributed by atoms with E-state index in [0.717, 1.165) is 5.39 Å². The standard InChI is InChI=1S/C10H9NO3S/c11-9-5-6-10(14-15(12)13)8-4-2-1-3-7(8)9/h1-6,15H,11H2. The van der Waals surface area contributed by atoms with Crippen molar-refractivity contribution in [1.29, 1.82) is 0 Å². The van der Waals surface area contributed by atoms with Crippen LogP contribution in [0.5, 0.6) is 5.75 Å². The first-order valence-corrected chi connectivity index (χ1v) is 5.37. The Labute approximate surface area is 88.4 Å². The third-order valence-electron chi connectivity index (χ3n) is 2.09. The molecule has 0 radical (unpaired) electrons. The maximum atomic E-state index is 10.5. The van der Waals surface area contributed by atoms with Gasteiger partial charge in [-0.1, -0.05) is 24.3 Å². The third-order valence-corrected chi connectivity index (χ3v) is 2.44. The predicted molar refractivity (Wildman–Crippen MR) is 59.3 cm³/mol. The summed E-state index contributed by atoms with van der Waals surface area (Å²) < 4.78 is 25.6. The molecule has 0 bridgehead atoms. The molecule has 4 nitrogen and oxygen atoms in total. The summed E-state index contributed by atoms with van der Waals surface area (Å²) in [4.78, 5) is 0. The highest BCUT2D eigenvalue weighted by Crippen LogP contribution is 2.29. The van der Waals surface area contributed by atoms with Crippen molar-refractivity contribution in [3.63, 3.8) is 0 Å². The highest BCUT2D eigenvalue weighted by molar-refractivity contribution is 7.67. The van der Waals surface area contributed by atoms with E-state index < -0.39 is 11.0 Å². The van der Waals surface area contributed by atoms with Gasteiger partial charge in [-0.05, 0) is 12.1 Å². The highest BCUT2D eigenvalue weighted by Gasteiger charge is 2.04. The van der Waals surface area contributed by atoms with E-state index in [9.17, 15) is 8.42 Å². The van der Waals surface area contributed by atoms with E-state index >= 15 is 0 Å². The molecule has 0 saturated carbocycles. The van der Waals surface area contributed by atoms with Gasteiger partial charge < -0.3 is 9.92 Å². The van der Waals surface area contributed by atoms with Crippen molar-refractivity contribution in [3.8, 4) is 5.75 Å². The van der Waals surface area contributed by atoms with E-state index in [1.165, 1.54) is 0 Å². The number of nitrogen functional groups attached to an aromatic ring is 1. The molecule has 0 heterocycles. The van der Waals surface area contributed by atoms with Crippen LogP contribution in [-0.4, -0.2) is 8.42 Å². The van der Waals surface area contributed by atoms with Gasteiger partial charge in [0.25, 0.3) is 11.0 Å². The fourth-order valence-electron chi connectivity index (χ4n) is 1.45. The Morgan fingerprint density at radius 2 is 1.67 bits per heavy atom. The van der Waals surface area contributed by atoms with E-state index in [4.69, 9.17) is 5.73 Å². The van der Waals surface area contributed by atoms with Crippen molar-refractivity contribution in [2.75, 3.05) is 5.73 Å². The Bertz CT molecular complexity index is 570. The molecule has 2 aromatic rings. The normalized spacial score (nSPS) is 10.7. The molecule has 2 N–H and O–H groups in total. The Morgan fingerprint density at radius 1 is 1.00 bits per heavy atom. The molecule has 0 aliphatic heterocycles. The lowest BCUT2D eigenvalue weighted by Gasteiger charge is -2.05. The first-order chi connectivity index (χ1) is 7.18. The minimum absolute atomic E-state index is 0.302. The van der Waals surface area contributed by atoms with Gasteiger partial charge in [-0.3, -0.25) is 0 Å². The zero-order valence-electron chi connectivity index (χ0n) is 7.71. The number of hydrogen-bond donors (Lipinski definition) is 2. The summed E-state index contributed by atoms with van der Waals surface area (Å²) in [6, 6.07) is 10.4. The molecule has 0 unspecified atom stereocenters. The summed E-state index contributed by atoms with van der Waals surface area (Å²) in [5.41, 5.74) is 6.35. The molecule has 0 fully saturated rings. The molecule has 5 heteroatoms. The lowest BCUT2D eigenvalue weighted by Crippen LogP contribution is -1.93. The van der Waals surface area contributed by atoms with E-state index in [1.54, 1.807) is 24.3 Å². The Morgan fingerprint density at radius 3 is 2.33 bits per heavy atom. The Hall–Kier alpha value is -1.75. The zero-order chi connectivity index (χ0) is 10.8. The van der Waals surface area contributed by atoms with Gasteiger partial charge in [-0.2, -0.15) is 8.42 Å². The number of hydrogen-bond acceptors (Lipinski definition) is 4. The lowest BCUT2D eigenvalue weighted by atomic mass is 10.1. The predicted octanol–water partition coefficient (Wildman–Crippen LogP) is 1.33. The minimum atomic E-state index is -2.90. The maximum absolute atomic E-state index is 10.5. The SMILES string of the molecule is Nc1ccc(O[SH](=O)=O)c2ccccc12. The largest absolute Gasteiger partial charge is 0.398 e. The van der Waals surface area contributed by atoms with Gasteiger partial charge >= 0.3 is 0 Å². The second kappa shape index (κ2) is 3.78. The van der Waals surface area contributed by atoms with Crippen LogP contribution in [0.4, 0.5) is 5.69 Å². The molecule has 78 valence electrons. The van der Waals surface area contributed by atoms with Gasteiger partial charge in [-0.15, -0.1) is 0 Å². The van der Waals surface area contributed by atoms with E-state index in [2.05, 4.69) is 4.18 Å². The first-order valence-electron chi connectivity index (χ1n) is 4.28. The van der Waals surface area contributed by atoms with Crippen LogP contribution in [-0.2, 0) is 11.0 Å². The van der Waals surface area contributed by atoms with E-state index in [1.807, 2.05) is 12.1 Å². The van der Waals surface area contributed by atoms with Crippen molar-refractivity contribution < 1.29 is 12.6 Å². The smallest absolute Gasteiger partial charge is 0.299 e. The molecular weight excluding hydrogens is 214 g/mol. The number of nitrogens with two attached hydrogens (primary N) is 1. The van der Waals surface area contributed by atoms with Gasteiger partial charge in [0.05, 0.1) is 0 Å². The first kappa shape index (κ1) is 9.79. The average molecular weight is 223 g/mol. The molecule has 0 amide bonds. The molecule has 0 aliphatic carbocycles. The minimum Gasteiger partial charge on any atom is -0.398 e. The second-order valence-electron chi connectivity index (χ2n) is 3.01. The molecule has 0 aliphatic rings. The van der Waals surface area contributed by atoms with Crippen molar-refractivity contribution in [1.82, 2.24) is 0 Å². The Kier molecular flexibility index (Phi) is 2.47. The molecule has 2 aromatic carbocycles. The number of anilines is 1. The van der Waals surface area contributed by atoms with Crippen LogP contribution in [0.3, 0.4) is 0 Å². The number of benzene rings is 2. The van der Waals surface area contributed by atoms with Crippen LogP contribution in [0, 0.1) is 0 Å². The lowest BCUT2D eigenvalue weighted by molar-refractivity contribution is 0.513. The second-order valence-corrected chi connectivity index (χ2v) is 3.64. The van der Waals surface area contributed by atoms with Gasteiger partial charge in [0, 0.05) is 16.5 Å². The summed E-state index contributed by atoms with van der Waals surface area (Å²) in [5, 5.41) is 1.48. The topological polar surface area (TPSA) is 69.4 Å². The molecule has 0 aromatic heterocycles. The van der Waals surface area contributed by atoms with Crippen LogP contribution in [0.2, 0.25) is 0 Å². The van der Waals surface area contributed by atoms with Crippen LogP contribution in [0.15, 0.2) is 36.4 Å². The quantitative estimate of drug-likeness (QED) is 0.595. The fourth-order valence-corrected chi connectivity index (χ4v) is 1.77. The maximum Gasteiger partial charge on any atom is 0.299 e. The summed E-state index contributed by atoms with van der Waals surface area (Å²) >= 11 is 0. The van der Waals surface area contributed by atoms with Gasteiger partial charge in [-0.25, -0.2) is 0 Å². The van der Waals surface area contributed by atoms with E-state index in [0.29, 0.717) is 16.8 Å². The molecule has 0 spiro atoms. The number of fused-ring (bicyclic) bond motifs is 1. The highest BCUT2D eigenvalue weighted by atomic mass is 32.2. The molecule has 2 rings (SSSR count). The van der Waals surface area contributed by atoms with Crippen LogP contribution >= 0.6 is 0 Å². The van der Waals surface area contributed by atoms with Crippen LogP contribution in [0.25, 0.3) is 10.8 Å². The average Bonchev–Trinajstić information content (AvgIpc) is 2.22. The summed E-state index contributed by atoms with van der Waals surface area (Å²) in [7, 11) is -2.90. The Balaban J connectivity index is 2.71. The summed E-state index contributed by atoms with van der Waals surface area (Å²) in [6.07, 6.45) is 0. The van der Waals surface area contributed by atoms with E-state index in [-0.39, 0.29) is 0 Å². The molecule has 0 atom stereocenters. The molecular formula is C10H9NO3S. The van der Waals surface area contributed by atoms with Gasteiger partial charge in [0.2, 0.25) is 0 Å². The zero-order valence-corrected chi connectivity index (χ0v) is 8.61. The van der Waals surface area contributed by atoms with Crippen molar-refractivity contribution in [3.05, 3.63) is 36.4 Å². The number of rotatable bonds is 2. The summed E-state index contributed by atoms with van der Waals surface area (Å²) in [6.45, 7) is 0. The monoisotopic (exact) mass is 223 g/mol. The van der Waals surface area contributed by atoms with Gasteiger partial charge in [0.1, 0.15) is 5.75 Å². The number of thiol groups is 1. The third kappa shape index (κ3) is 1.87. The summed E-state index contributed by atoms with van der Waals surface area (Å²) in [5.74, 6) is 0.302. The fraction of sp³-hybridized carbons (Fsp3) is 0. The molecule has 15 heavy (non-hydrogen) atoms. The van der Waals surface area contributed by atoms with Crippen LogP contribution in [0.1, 0.15) is 0 Å². The van der Waals surface area contributed by atoms with Gasteiger partial charge in [0.15, 0.2) is 0 Å².